The molecule has 1 aromatic carbocycles. The van der Waals surface area contributed by atoms with Crippen molar-refractivity contribution < 1.29 is 19.2 Å². The molecule has 1 heterocycles. The molecule has 8 nitrogen and oxygen atoms in total. The Labute approximate surface area is 159 Å². The van der Waals surface area contributed by atoms with Gasteiger partial charge in [0.2, 0.25) is 0 Å². The summed E-state index contributed by atoms with van der Waals surface area (Å²) in [6.45, 7) is 3.95. The molecule has 0 fully saturated rings. The van der Waals surface area contributed by atoms with Crippen LogP contribution < -0.4 is 5.32 Å². The lowest BCUT2D eigenvalue weighted by Crippen LogP contribution is -2.14. The van der Waals surface area contributed by atoms with Crippen LogP contribution >= 0.6 is 11.3 Å². The van der Waals surface area contributed by atoms with E-state index in [1.165, 1.54) is 17.4 Å². The minimum absolute atomic E-state index is 0.00814. The van der Waals surface area contributed by atoms with Gasteiger partial charge in [0.1, 0.15) is 0 Å². The summed E-state index contributed by atoms with van der Waals surface area (Å²) in [5, 5.41) is 14.3. The van der Waals surface area contributed by atoms with Crippen molar-refractivity contribution in [3.8, 4) is 0 Å². The van der Waals surface area contributed by atoms with Crippen LogP contribution in [0.1, 0.15) is 51.6 Å². The number of hydrogen-bond acceptors (Lipinski definition) is 7. The van der Waals surface area contributed by atoms with Crippen LogP contribution in [-0.4, -0.2) is 28.4 Å². The predicted molar refractivity (Wildman–Crippen MR) is 100 cm³/mol. The third kappa shape index (κ3) is 4.30. The number of fused-ring (bicyclic) bond motifs is 1. The van der Waals surface area contributed by atoms with E-state index in [1.54, 1.807) is 6.92 Å². The lowest BCUT2D eigenvalue weighted by molar-refractivity contribution is -0.384. The van der Waals surface area contributed by atoms with Crippen molar-refractivity contribution in [2.45, 2.75) is 33.1 Å². The van der Waals surface area contributed by atoms with Gasteiger partial charge in [-0.25, -0.2) is 9.78 Å². The molecule has 0 bridgehead atoms. The number of nitro benzene ring substituents is 1. The number of esters is 1. The molecular formula is C18H19N3O5S. The summed E-state index contributed by atoms with van der Waals surface area (Å²) in [6, 6.07) is 3.52. The summed E-state index contributed by atoms with van der Waals surface area (Å²) in [5.41, 5.74) is 0.620. The minimum Gasteiger partial charge on any atom is -0.462 e. The number of aromatic nitrogens is 1. The van der Waals surface area contributed by atoms with E-state index >= 15 is 0 Å². The number of thiazole rings is 1. The van der Waals surface area contributed by atoms with Crippen LogP contribution in [0.3, 0.4) is 0 Å². The number of ether oxygens (including phenoxy) is 1. The first-order valence-electron chi connectivity index (χ1n) is 8.64. The Bertz CT molecular complexity index is 908. The van der Waals surface area contributed by atoms with Crippen molar-refractivity contribution in [1.82, 2.24) is 4.98 Å². The highest BCUT2D eigenvalue weighted by molar-refractivity contribution is 7.15. The maximum absolute atomic E-state index is 12.6. The quantitative estimate of drug-likeness (QED) is 0.475. The Hall–Kier alpha value is -2.81. The number of anilines is 1. The van der Waals surface area contributed by atoms with Gasteiger partial charge in [-0.05, 0) is 38.2 Å². The summed E-state index contributed by atoms with van der Waals surface area (Å²) >= 11 is 1.42. The van der Waals surface area contributed by atoms with E-state index in [9.17, 15) is 19.7 Å². The fourth-order valence-electron chi connectivity index (χ4n) is 2.94. The summed E-state index contributed by atoms with van der Waals surface area (Å²) in [4.78, 5) is 40.6. The van der Waals surface area contributed by atoms with E-state index in [1.807, 2.05) is 0 Å². The van der Waals surface area contributed by atoms with Gasteiger partial charge in [-0.1, -0.05) is 6.92 Å². The van der Waals surface area contributed by atoms with Gasteiger partial charge < -0.3 is 4.74 Å². The van der Waals surface area contributed by atoms with Crippen molar-refractivity contribution in [1.29, 1.82) is 0 Å². The SMILES string of the molecule is CCOC(=O)c1cc(C(=O)Nc2nc3c(s2)CC(C)CC3)cc([N+](=O)[O-])c1. The molecule has 0 aliphatic heterocycles. The summed E-state index contributed by atoms with van der Waals surface area (Å²) in [5.74, 6) is -0.678. The molecular weight excluding hydrogens is 370 g/mol. The number of aryl methyl sites for hydroxylation is 1. The number of hydrogen-bond donors (Lipinski definition) is 1. The number of carbonyl (C=O) groups is 2. The van der Waals surface area contributed by atoms with Crippen molar-refractivity contribution in [3.05, 3.63) is 50.0 Å². The molecule has 1 amide bonds. The van der Waals surface area contributed by atoms with Crippen molar-refractivity contribution in [2.75, 3.05) is 11.9 Å². The van der Waals surface area contributed by atoms with Gasteiger partial charge in [-0.15, -0.1) is 11.3 Å². The van der Waals surface area contributed by atoms with E-state index in [-0.39, 0.29) is 23.4 Å². The van der Waals surface area contributed by atoms with Gasteiger partial charge >= 0.3 is 5.97 Å². The van der Waals surface area contributed by atoms with Crippen LogP contribution in [0, 0.1) is 16.0 Å². The molecule has 2 aromatic rings. The minimum atomic E-state index is -0.714. The van der Waals surface area contributed by atoms with Crippen LogP contribution in [0.5, 0.6) is 0 Å². The van der Waals surface area contributed by atoms with E-state index in [4.69, 9.17) is 4.74 Å². The molecule has 0 saturated carbocycles. The molecule has 1 aliphatic rings. The molecule has 0 radical (unpaired) electrons. The molecule has 0 saturated heterocycles. The zero-order valence-electron chi connectivity index (χ0n) is 15.0. The van der Waals surface area contributed by atoms with Crippen molar-refractivity contribution in [2.24, 2.45) is 5.92 Å². The smallest absolute Gasteiger partial charge is 0.338 e. The molecule has 9 heteroatoms. The van der Waals surface area contributed by atoms with Crippen LogP contribution in [-0.2, 0) is 17.6 Å². The second-order valence-electron chi connectivity index (χ2n) is 6.44. The van der Waals surface area contributed by atoms with Crippen molar-refractivity contribution in [3.63, 3.8) is 0 Å². The Morgan fingerprint density at radius 1 is 1.37 bits per heavy atom. The number of amides is 1. The van der Waals surface area contributed by atoms with Gasteiger partial charge in [-0.2, -0.15) is 0 Å². The second kappa shape index (κ2) is 7.83. The lowest BCUT2D eigenvalue weighted by atomic mass is 9.93. The van der Waals surface area contributed by atoms with E-state index in [0.29, 0.717) is 11.0 Å². The number of non-ortho nitro benzene ring substituents is 1. The molecule has 1 atom stereocenters. The van der Waals surface area contributed by atoms with Crippen LogP contribution in [0.15, 0.2) is 18.2 Å². The van der Waals surface area contributed by atoms with E-state index in [0.717, 1.165) is 42.0 Å². The third-order valence-electron chi connectivity index (χ3n) is 4.31. The number of carbonyl (C=O) groups excluding carboxylic acids is 2. The lowest BCUT2D eigenvalue weighted by Gasteiger charge is -2.15. The van der Waals surface area contributed by atoms with Gasteiger partial charge in [0, 0.05) is 22.6 Å². The van der Waals surface area contributed by atoms with Gasteiger partial charge in [0.15, 0.2) is 5.13 Å². The average molecular weight is 389 g/mol. The van der Waals surface area contributed by atoms with E-state index < -0.39 is 16.8 Å². The monoisotopic (exact) mass is 389 g/mol. The molecule has 1 N–H and O–H groups in total. The Kier molecular flexibility index (Phi) is 5.50. The normalized spacial score (nSPS) is 15.7. The zero-order valence-corrected chi connectivity index (χ0v) is 15.8. The first-order valence-corrected chi connectivity index (χ1v) is 9.45. The van der Waals surface area contributed by atoms with Crippen molar-refractivity contribution >= 4 is 34.0 Å². The molecule has 27 heavy (non-hydrogen) atoms. The highest BCUT2D eigenvalue weighted by Crippen LogP contribution is 2.32. The number of nitrogens with one attached hydrogen (secondary N) is 1. The number of nitro groups is 1. The summed E-state index contributed by atoms with van der Waals surface area (Å²) < 4.78 is 4.88. The third-order valence-corrected chi connectivity index (χ3v) is 5.34. The molecule has 1 aliphatic carbocycles. The van der Waals surface area contributed by atoms with Crippen LogP contribution in [0.4, 0.5) is 10.8 Å². The van der Waals surface area contributed by atoms with Crippen LogP contribution in [0.2, 0.25) is 0 Å². The Morgan fingerprint density at radius 3 is 2.81 bits per heavy atom. The second-order valence-corrected chi connectivity index (χ2v) is 7.52. The maximum Gasteiger partial charge on any atom is 0.338 e. The Balaban J connectivity index is 1.85. The van der Waals surface area contributed by atoms with Gasteiger partial charge in [0.05, 0.1) is 22.8 Å². The predicted octanol–water partition coefficient (Wildman–Crippen LogP) is 3.61. The molecule has 0 spiro atoms. The number of rotatable bonds is 5. The Morgan fingerprint density at radius 2 is 2.11 bits per heavy atom. The number of benzene rings is 1. The number of nitrogens with zero attached hydrogens (tertiary/aromatic N) is 2. The molecule has 1 unspecified atom stereocenters. The standard InChI is InChI=1S/C18H19N3O5S/c1-3-26-17(23)12-7-11(8-13(9-12)21(24)25)16(22)20-18-19-14-5-4-10(2)6-15(14)27-18/h7-10H,3-6H2,1-2H3,(H,19,20,22). The zero-order chi connectivity index (χ0) is 19.6. The van der Waals surface area contributed by atoms with Crippen LogP contribution in [0.25, 0.3) is 0 Å². The summed E-state index contributed by atoms with van der Waals surface area (Å²) in [7, 11) is 0. The topological polar surface area (TPSA) is 111 Å². The molecule has 1 aromatic heterocycles. The molecule has 142 valence electrons. The first-order chi connectivity index (χ1) is 12.9. The highest BCUT2D eigenvalue weighted by Gasteiger charge is 2.22. The average Bonchev–Trinajstić information content (AvgIpc) is 3.02. The summed E-state index contributed by atoms with van der Waals surface area (Å²) in [6.07, 6.45) is 2.89. The fourth-order valence-corrected chi connectivity index (χ4v) is 4.11. The van der Waals surface area contributed by atoms with Gasteiger partial charge in [-0.3, -0.25) is 20.2 Å². The highest BCUT2D eigenvalue weighted by atomic mass is 32.1. The largest absolute Gasteiger partial charge is 0.462 e. The molecule has 3 rings (SSSR count). The fraction of sp³-hybridized carbons (Fsp3) is 0.389. The van der Waals surface area contributed by atoms with E-state index in [2.05, 4.69) is 17.2 Å². The van der Waals surface area contributed by atoms with Gasteiger partial charge in [0.25, 0.3) is 11.6 Å². The first kappa shape index (κ1) is 19.0. The maximum atomic E-state index is 12.6.